The van der Waals surface area contributed by atoms with Crippen molar-refractivity contribution in [3.8, 4) is 28.6 Å². The number of hydrogen-bond acceptors (Lipinski definition) is 4. The van der Waals surface area contributed by atoms with E-state index in [0.29, 0.717) is 18.8 Å². The molecule has 2 heterocycles. The predicted octanol–water partition coefficient (Wildman–Crippen LogP) is 3.45. The summed E-state index contributed by atoms with van der Waals surface area (Å²) in [6.45, 7) is 0.508. The van der Waals surface area contributed by atoms with Gasteiger partial charge in [-0.1, -0.05) is 0 Å². The lowest BCUT2D eigenvalue weighted by molar-refractivity contribution is 0.325. The molecule has 0 bridgehead atoms. The molecule has 1 aliphatic rings. The van der Waals surface area contributed by atoms with Gasteiger partial charge in [0.25, 0.3) is 0 Å². The first-order valence-corrected chi connectivity index (χ1v) is 6.43. The minimum absolute atomic E-state index is 0.168. The average molecular weight is 268 g/mol. The molecule has 0 amide bonds. The molecule has 100 valence electrons. The Labute approximate surface area is 114 Å². The molecule has 3 aromatic rings. The van der Waals surface area contributed by atoms with Gasteiger partial charge >= 0.3 is 0 Å². The van der Waals surface area contributed by atoms with Gasteiger partial charge in [0.2, 0.25) is 0 Å². The summed E-state index contributed by atoms with van der Waals surface area (Å²) >= 11 is 0. The van der Waals surface area contributed by atoms with E-state index in [1.807, 2.05) is 0 Å². The fourth-order valence-electron chi connectivity index (χ4n) is 2.68. The van der Waals surface area contributed by atoms with Gasteiger partial charge in [0, 0.05) is 23.4 Å². The summed E-state index contributed by atoms with van der Waals surface area (Å²) in [7, 11) is 0. The highest BCUT2D eigenvalue weighted by Crippen LogP contribution is 2.42. The van der Waals surface area contributed by atoms with E-state index in [4.69, 9.17) is 9.15 Å². The zero-order valence-corrected chi connectivity index (χ0v) is 10.6. The molecule has 1 aromatic heterocycles. The maximum atomic E-state index is 9.65. The second-order valence-corrected chi connectivity index (χ2v) is 4.87. The Hall–Kier alpha value is -2.62. The minimum atomic E-state index is 0.168. The number of fused-ring (bicyclic) bond motifs is 5. The summed E-state index contributed by atoms with van der Waals surface area (Å²) in [6, 6.07) is 10.1. The molecule has 4 rings (SSSR count). The molecule has 0 atom stereocenters. The molecule has 2 aromatic carbocycles. The molecule has 0 spiro atoms. The monoisotopic (exact) mass is 268 g/mol. The fraction of sp³-hybridized carbons (Fsp3) is 0.125. The van der Waals surface area contributed by atoms with Crippen molar-refractivity contribution in [3.63, 3.8) is 0 Å². The molecule has 0 fully saturated rings. The van der Waals surface area contributed by atoms with Gasteiger partial charge < -0.3 is 19.4 Å². The average Bonchev–Trinajstić information content (AvgIpc) is 2.68. The first kappa shape index (κ1) is 11.2. The normalized spacial score (nSPS) is 13.4. The van der Waals surface area contributed by atoms with Gasteiger partial charge in [0.15, 0.2) is 0 Å². The highest BCUT2D eigenvalue weighted by atomic mass is 16.5. The molecule has 0 aliphatic carbocycles. The van der Waals surface area contributed by atoms with Crippen LogP contribution in [0.1, 0.15) is 5.56 Å². The van der Waals surface area contributed by atoms with Crippen LogP contribution in [0.15, 0.2) is 40.8 Å². The van der Waals surface area contributed by atoms with Crippen LogP contribution in [0, 0.1) is 0 Å². The van der Waals surface area contributed by atoms with Crippen molar-refractivity contribution in [2.45, 2.75) is 6.42 Å². The van der Waals surface area contributed by atoms with Gasteiger partial charge in [-0.15, -0.1) is 0 Å². The van der Waals surface area contributed by atoms with Gasteiger partial charge in [0.05, 0.1) is 12.2 Å². The third-order valence-electron chi connectivity index (χ3n) is 3.59. The molecule has 4 heteroatoms. The number of phenolic OH excluding ortho intramolecular Hbond substituents is 2. The molecular formula is C16H12O4. The van der Waals surface area contributed by atoms with Crippen molar-refractivity contribution < 1.29 is 19.4 Å². The topological polar surface area (TPSA) is 62.8 Å². The van der Waals surface area contributed by atoms with E-state index in [1.54, 1.807) is 36.4 Å². The number of phenols is 2. The third kappa shape index (κ3) is 1.54. The zero-order valence-electron chi connectivity index (χ0n) is 10.6. The minimum Gasteiger partial charge on any atom is -0.508 e. The summed E-state index contributed by atoms with van der Waals surface area (Å²) in [5.74, 6) is 1.75. The summed E-state index contributed by atoms with van der Waals surface area (Å²) in [4.78, 5) is 0. The van der Waals surface area contributed by atoms with Crippen molar-refractivity contribution in [3.05, 3.63) is 42.0 Å². The first-order valence-electron chi connectivity index (χ1n) is 6.43. The Morgan fingerprint density at radius 2 is 1.75 bits per heavy atom. The van der Waals surface area contributed by atoms with Crippen LogP contribution in [0.3, 0.4) is 0 Å². The molecule has 2 N–H and O–H groups in total. The van der Waals surface area contributed by atoms with Crippen molar-refractivity contribution in [2.75, 3.05) is 6.61 Å². The number of benzene rings is 2. The predicted molar refractivity (Wildman–Crippen MR) is 74.2 cm³/mol. The highest BCUT2D eigenvalue weighted by Gasteiger charge is 2.22. The van der Waals surface area contributed by atoms with E-state index in [9.17, 15) is 10.2 Å². The van der Waals surface area contributed by atoms with Crippen LogP contribution < -0.4 is 4.74 Å². The lowest BCUT2D eigenvalue weighted by atomic mass is 10.0. The van der Waals surface area contributed by atoms with Crippen LogP contribution in [0.25, 0.3) is 22.3 Å². The molecule has 0 saturated heterocycles. The Bertz CT molecular complexity index is 817. The standard InChI is InChI=1S/C16H12O4/c17-9-2-4-14-13(7-9)11-5-6-19-15-8-10(18)1-3-12(15)16(11)20-14/h1-4,7-8,17-18H,5-6H2. The van der Waals surface area contributed by atoms with Gasteiger partial charge in [-0.25, -0.2) is 0 Å². The lowest BCUT2D eigenvalue weighted by Gasteiger charge is -2.06. The number of furan rings is 1. The highest BCUT2D eigenvalue weighted by molar-refractivity contribution is 5.90. The SMILES string of the molecule is Oc1ccc2c(c1)OCCc1c-2oc2ccc(O)cc12. The maximum Gasteiger partial charge on any atom is 0.142 e. The Kier molecular flexibility index (Phi) is 2.21. The van der Waals surface area contributed by atoms with E-state index in [-0.39, 0.29) is 11.5 Å². The number of ether oxygens (including phenoxy) is 1. The van der Waals surface area contributed by atoms with E-state index in [0.717, 1.165) is 27.9 Å². The van der Waals surface area contributed by atoms with Crippen molar-refractivity contribution in [1.82, 2.24) is 0 Å². The number of aromatic hydroxyl groups is 2. The molecule has 1 aliphatic heterocycles. The molecular weight excluding hydrogens is 256 g/mol. The van der Waals surface area contributed by atoms with E-state index in [1.165, 1.54) is 0 Å². The fourth-order valence-corrected chi connectivity index (χ4v) is 2.68. The number of hydrogen-bond donors (Lipinski definition) is 2. The van der Waals surface area contributed by atoms with Gasteiger partial charge in [-0.05, 0) is 30.3 Å². The quantitative estimate of drug-likeness (QED) is 0.655. The van der Waals surface area contributed by atoms with Gasteiger partial charge in [0.1, 0.15) is 28.6 Å². The van der Waals surface area contributed by atoms with Crippen LogP contribution >= 0.6 is 0 Å². The van der Waals surface area contributed by atoms with Crippen LogP contribution in [0.4, 0.5) is 0 Å². The van der Waals surface area contributed by atoms with E-state index >= 15 is 0 Å². The Morgan fingerprint density at radius 1 is 0.950 bits per heavy atom. The van der Waals surface area contributed by atoms with E-state index in [2.05, 4.69) is 0 Å². The summed E-state index contributed by atoms with van der Waals surface area (Å²) in [6.07, 6.45) is 0.696. The zero-order chi connectivity index (χ0) is 13.7. The van der Waals surface area contributed by atoms with Crippen LogP contribution in [-0.2, 0) is 6.42 Å². The molecule has 0 unspecified atom stereocenters. The van der Waals surface area contributed by atoms with Crippen LogP contribution in [-0.4, -0.2) is 16.8 Å². The largest absolute Gasteiger partial charge is 0.508 e. The lowest BCUT2D eigenvalue weighted by Crippen LogP contribution is -1.98. The second kappa shape index (κ2) is 3.93. The van der Waals surface area contributed by atoms with Crippen molar-refractivity contribution in [1.29, 1.82) is 0 Å². The van der Waals surface area contributed by atoms with Crippen molar-refractivity contribution >= 4 is 11.0 Å². The van der Waals surface area contributed by atoms with Crippen LogP contribution in [0.2, 0.25) is 0 Å². The molecule has 0 radical (unpaired) electrons. The van der Waals surface area contributed by atoms with Gasteiger partial charge in [-0.2, -0.15) is 0 Å². The summed E-state index contributed by atoms with van der Waals surface area (Å²) in [5.41, 5.74) is 2.60. The maximum absolute atomic E-state index is 9.65. The van der Waals surface area contributed by atoms with Gasteiger partial charge in [-0.3, -0.25) is 0 Å². The molecule has 4 nitrogen and oxygen atoms in total. The van der Waals surface area contributed by atoms with Crippen molar-refractivity contribution in [2.24, 2.45) is 0 Å². The van der Waals surface area contributed by atoms with Crippen LogP contribution in [0.5, 0.6) is 17.2 Å². The summed E-state index contributed by atoms with van der Waals surface area (Å²) < 4.78 is 11.6. The smallest absolute Gasteiger partial charge is 0.142 e. The molecule has 20 heavy (non-hydrogen) atoms. The second-order valence-electron chi connectivity index (χ2n) is 4.87. The first-order chi connectivity index (χ1) is 9.72. The summed E-state index contributed by atoms with van der Waals surface area (Å²) in [5, 5.41) is 20.1. The molecule has 0 saturated carbocycles. The Morgan fingerprint density at radius 3 is 2.65 bits per heavy atom. The Balaban J connectivity index is 2.05. The third-order valence-corrected chi connectivity index (χ3v) is 3.59. The number of rotatable bonds is 0. The van der Waals surface area contributed by atoms with E-state index < -0.39 is 0 Å².